The average molecular weight is 352 g/mol. The molecule has 1 saturated heterocycles. The lowest BCUT2D eigenvalue weighted by molar-refractivity contribution is 0.160. The number of anilines is 1. The molecule has 6 heteroatoms. The Bertz CT molecular complexity index is 597. The van der Waals surface area contributed by atoms with Crippen LogP contribution in [0.3, 0.4) is 0 Å². The summed E-state index contributed by atoms with van der Waals surface area (Å²) >= 11 is 3.44. The minimum atomic E-state index is 0.738. The molecule has 1 unspecified atom stereocenters. The largest absolute Gasteiger partial charge is 0.367 e. The second kappa shape index (κ2) is 6.75. The summed E-state index contributed by atoms with van der Waals surface area (Å²) < 4.78 is 2.80. The minimum absolute atomic E-state index is 0.738. The van der Waals surface area contributed by atoms with Crippen molar-refractivity contribution in [1.82, 2.24) is 19.3 Å². The SMILES string of the molecule is CC1CCCCN1CCCNc1nc(Br)cn2ccnc12. The van der Waals surface area contributed by atoms with Crippen molar-refractivity contribution < 1.29 is 0 Å². The van der Waals surface area contributed by atoms with Gasteiger partial charge in [0.15, 0.2) is 11.5 Å². The molecule has 0 spiro atoms. The molecule has 3 rings (SSSR count). The van der Waals surface area contributed by atoms with E-state index in [2.05, 4.69) is 43.0 Å². The van der Waals surface area contributed by atoms with Crippen LogP contribution in [0.15, 0.2) is 23.2 Å². The molecular formula is C15H22BrN5. The molecule has 1 fully saturated rings. The van der Waals surface area contributed by atoms with Crippen molar-refractivity contribution in [2.45, 2.75) is 38.6 Å². The van der Waals surface area contributed by atoms with Crippen LogP contribution in [0.1, 0.15) is 32.6 Å². The van der Waals surface area contributed by atoms with Gasteiger partial charge in [-0.25, -0.2) is 9.97 Å². The number of hydrogen-bond donors (Lipinski definition) is 1. The lowest BCUT2D eigenvalue weighted by atomic mass is 10.0. The van der Waals surface area contributed by atoms with Gasteiger partial charge in [0.05, 0.1) is 0 Å². The molecule has 2 aromatic heterocycles. The fraction of sp³-hybridized carbons (Fsp3) is 0.600. The quantitative estimate of drug-likeness (QED) is 0.840. The van der Waals surface area contributed by atoms with Crippen LogP contribution < -0.4 is 5.32 Å². The van der Waals surface area contributed by atoms with Crippen molar-refractivity contribution in [2.24, 2.45) is 0 Å². The molecule has 0 bridgehead atoms. The lowest BCUT2D eigenvalue weighted by Crippen LogP contribution is -2.38. The molecule has 1 aliphatic rings. The van der Waals surface area contributed by atoms with E-state index in [4.69, 9.17) is 0 Å². The summed E-state index contributed by atoms with van der Waals surface area (Å²) in [6, 6.07) is 0.738. The summed E-state index contributed by atoms with van der Waals surface area (Å²) in [5, 5.41) is 3.42. The van der Waals surface area contributed by atoms with Crippen molar-refractivity contribution in [1.29, 1.82) is 0 Å². The Morgan fingerprint density at radius 2 is 2.33 bits per heavy atom. The van der Waals surface area contributed by atoms with Gasteiger partial charge in [0.2, 0.25) is 0 Å². The van der Waals surface area contributed by atoms with Gasteiger partial charge in [0, 0.05) is 37.7 Å². The number of fused-ring (bicyclic) bond motifs is 1. The summed E-state index contributed by atoms with van der Waals surface area (Å²) in [4.78, 5) is 11.4. The Balaban J connectivity index is 1.53. The highest BCUT2D eigenvalue weighted by Gasteiger charge is 2.17. The number of likely N-dealkylation sites (tertiary alicyclic amines) is 1. The van der Waals surface area contributed by atoms with Crippen LogP contribution in [0.4, 0.5) is 5.82 Å². The van der Waals surface area contributed by atoms with E-state index in [1.54, 1.807) is 6.20 Å². The average Bonchev–Trinajstić information content (AvgIpc) is 2.93. The molecule has 0 radical (unpaired) electrons. The molecule has 21 heavy (non-hydrogen) atoms. The Kier molecular flexibility index (Phi) is 4.75. The number of imidazole rings is 1. The topological polar surface area (TPSA) is 45.5 Å². The van der Waals surface area contributed by atoms with Crippen molar-refractivity contribution in [2.75, 3.05) is 25.0 Å². The van der Waals surface area contributed by atoms with Crippen LogP contribution in [-0.4, -0.2) is 44.9 Å². The van der Waals surface area contributed by atoms with Crippen LogP contribution >= 0.6 is 15.9 Å². The van der Waals surface area contributed by atoms with Crippen LogP contribution in [0.5, 0.6) is 0 Å². The third kappa shape index (κ3) is 3.55. The van der Waals surface area contributed by atoms with Gasteiger partial charge in [-0.15, -0.1) is 0 Å². The molecule has 1 atom stereocenters. The van der Waals surface area contributed by atoms with Crippen molar-refractivity contribution >= 4 is 27.4 Å². The van der Waals surface area contributed by atoms with Crippen LogP contribution in [0.25, 0.3) is 5.65 Å². The van der Waals surface area contributed by atoms with E-state index < -0.39 is 0 Å². The van der Waals surface area contributed by atoms with Crippen LogP contribution in [0.2, 0.25) is 0 Å². The van der Waals surface area contributed by atoms with Crippen LogP contribution in [0, 0.1) is 0 Å². The maximum absolute atomic E-state index is 4.48. The number of nitrogens with one attached hydrogen (secondary N) is 1. The first kappa shape index (κ1) is 14.8. The summed E-state index contributed by atoms with van der Waals surface area (Å²) in [7, 11) is 0. The third-order valence-corrected chi connectivity index (χ3v) is 4.58. The first-order valence-electron chi connectivity index (χ1n) is 7.71. The number of nitrogens with zero attached hydrogens (tertiary/aromatic N) is 4. The normalized spacial score (nSPS) is 20.0. The Morgan fingerprint density at radius 1 is 1.43 bits per heavy atom. The molecule has 0 amide bonds. The fourth-order valence-electron chi connectivity index (χ4n) is 3.00. The van der Waals surface area contributed by atoms with E-state index in [0.29, 0.717) is 0 Å². The summed E-state index contributed by atoms with van der Waals surface area (Å²) in [6.45, 7) is 5.68. The summed E-state index contributed by atoms with van der Waals surface area (Å²) in [5.41, 5.74) is 0.879. The molecule has 0 aromatic carbocycles. The summed E-state index contributed by atoms with van der Waals surface area (Å²) in [5.74, 6) is 0.848. The fourth-order valence-corrected chi connectivity index (χ4v) is 3.40. The lowest BCUT2D eigenvalue weighted by Gasteiger charge is -2.33. The van der Waals surface area contributed by atoms with E-state index in [1.165, 1.54) is 25.8 Å². The van der Waals surface area contributed by atoms with Gasteiger partial charge >= 0.3 is 0 Å². The van der Waals surface area contributed by atoms with Gasteiger partial charge < -0.3 is 14.6 Å². The molecule has 1 aliphatic heterocycles. The summed E-state index contributed by atoms with van der Waals surface area (Å²) in [6.07, 6.45) is 10.9. The zero-order valence-corrected chi connectivity index (χ0v) is 14.0. The van der Waals surface area contributed by atoms with Gasteiger partial charge in [-0.2, -0.15) is 0 Å². The second-order valence-corrected chi connectivity index (χ2v) is 6.54. The van der Waals surface area contributed by atoms with E-state index in [-0.39, 0.29) is 0 Å². The van der Waals surface area contributed by atoms with Crippen LogP contribution in [-0.2, 0) is 0 Å². The first-order chi connectivity index (χ1) is 10.2. The number of piperidine rings is 1. The molecule has 114 valence electrons. The second-order valence-electron chi connectivity index (χ2n) is 5.73. The maximum Gasteiger partial charge on any atom is 0.180 e. The molecular weight excluding hydrogens is 330 g/mol. The monoisotopic (exact) mass is 351 g/mol. The predicted octanol–water partition coefficient (Wildman–Crippen LogP) is 3.17. The number of aromatic nitrogens is 3. The first-order valence-corrected chi connectivity index (χ1v) is 8.50. The number of rotatable bonds is 5. The van der Waals surface area contributed by atoms with Gasteiger partial charge in [-0.05, 0) is 48.7 Å². The molecule has 1 N–H and O–H groups in total. The highest BCUT2D eigenvalue weighted by molar-refractivity contribution is 9.10. The Hall–Kier alpha value is -1.14. The minimum Gasteiger partial charge on any atom is -0.367 e. The van der Waals surface area contributed by atoms with Gasteiger partial charge in [0.1, 0.15) is 4.60 Å². The predicted molar refractivity (Wildman–Crippen MR) is 88.7 cm³/mol. The standard InChI is InChI=1S/C15H22BrN5/c1-12-5-2-3-8-20(12)9-4-6-17-14-15-18-7-10-21(15)11-13(16)19-14/h7,10-12H,2-6,8-9H2,1H3,(H,17,19). The molecule has 0 aliphatic carbocycles. The molecule has 3 heterocycles. The van der Waals surface area contributed by atoms with E-state index in [1.807, 2.05) is 16.8 Å². The molecule has 2 aromatic rings. The van der Waals surface area contributed by atoms with Crippen molar-refractivity contribution in [3.8, 4) is 0 Å². The van der Waals surface area contributed by atoms with Crippen molar-refractivity contribution in [3.05, 3.63) is 23.2 Å². The smallest absolute Gasteiger partial charge is 0.180 e. The van der Waals surface area contributed by atoms with E-state index in [0.717, 1.165) is 41.6 Å². The van der Waals surface area contributed by atoms with Gasteiger partial charge in [-0.3, -0.25) is 0 Å². The Labute approximate surface area is 133 Å². The van der Waals surface area contributed by atoms with Gasteiger partial charge in [0.25, 0.3) is 0 Å². The van der Waals surface area contributed by atoms with Crippen molar-refractivity contribution in [3.63, 3.8) is 0 Å². The zero-order chi connectivity index (χ0) is 14.7. The number of hydrogen-bond acceptors (Lipinski definition) is 4. The van der Waals surface area contributed by atoms with E-state index >= 15 is 0 Å². The highest BCUT2D eigenvalue weighted by atomic mass is 79.9. The van der Waals surface area contributed by atoms with Gasteiger partial charge in [-0.1, -0.05) is 6.42 Å². The number of halogens is 1. The molecule has 5 nitrogen and oxygen atoms in total. The third-order valence-electron chi connectivity index (χ3n) is 4.20. The van der Waals surface area contributed by atoms with E-state index in [9.17, 15) is 0 Å². The zero-order valence-electron chi connectivity index (χ0n) is 12.4. The maximum atomic E-state index is 4.48. The molecule has 0 saturated carbocycles. The Morgan fingerprint density at radius 3 is 3.19 bits per heavy atom. The highest BCUT2D eigenvalue weighted by Crippen LogP contribution is 2.18.